The summed E-state index contributed by atoms with van der Waals surface area (Å²) in [5.74, 6) is 2.08. The third kappa shape index (κ3) is 5.04. The lowest BCUT2D eigenvalue weighted by Crippen LogP contribution is -2.14. The molecule has 0 unspecified atom stereocenters. The van der Waals surface area contributed by atoms with Crippen LogP contribution in [-0.2, 0) is 0 Å². The summed E-state index contributed by atoms with van der Waals surface area (Å²) in [5.41, 5.74) is 2.30. The summed E-state index contributed by atoms with van der Waals surface area (Å²) in [4.78, 5) is 14.4. The number of carbonyl (C=O) groups is 1. The van der Waals surface area contributed by atoms with Crippen LogP contribution >= 0.6 is 0 Å². The van der Waals surface area contributed by atoms with Gasteiger partial charge < -0.3 is 19.7 Å². The first-order valence-electron chi connectivity index (χ1n) is 9.14. The van der Waals surface area contributed by atoms with Crippen molar-refractivity contribution in [3.63, 3.8) is 0 Å². The first-order chi connectivity index (χ1) is 13.5. The Bertz CT molecular complexity index is 919. The Kier molecular flexibility index (Phi) is 6.17. The molecular formula is C23H24N2O3. The second-order valence-corrected chi connectivity index (χ2v) is 6.43. The minimum absolute atomic E-state index is 0.149. The average molecular weight is 376 g/mol. The third-order valence-corrected chi connectivity index (χ3v) is 4.11. The zero-order valence-electron chi connectivity index (χ0n) is 16.3. The number of hydrogen-bond acceptors (Lipinski definition) is 4. The topological polar surface area (TPSA) is 50.8 Å². The van der Waals surface area contributed by atoms with Crippen molar-refractivity contribution in [3.05, 3.63) is 78.4 Å². The lowest BCUT2D eigenvalue weighted by molar-refractivity contribution is 0.102. The van der Waals surface area contributed by atoms with Gasteiger partial charge >= 0.3 is 0 Å². The lowest BCUT2D eigenvalue weighted by Gasteiger charge is -2.13. The van der Waals surface area contributed by atoms with Gasteiger partial charge in [0.05, 0.1) is 6.61 Å². The molecule has 0 saturated carbocycles. The summed E-state index contributed by atoms with van der Waals surface area (Å²) in [6.45, 7) is 2.58. The van der Waals surface area contributed by atoms with Crippen LogP contribution in [0.1, 0.15) is 17.3 Å². The molecular weight excluding hydrogens is 352 g/mol. The van der Waals surface area contributed by atoms with Gasteiger partial charge in [-0.3, -0.25) is 4.79 Å². The molecule has 0 aliphatic carbocycles. The maximum absolute atomic E-state index is 12.5. The molecule has 144 valence electrons. The van der Waals surface area contributed by atoms with Gasteiger partial charge in [-0.1, -0.05) is 6.07 Å². The molecule has 0 aliphatic heterocycles. The van der Waals surface area contributed by atoms with Crippen molar-refractivity contribution < 1.29 is 14.3 Å². The number of anilines is 2. The highest BCUT2D eigenvalue weighted by Gasteiger charge is 2.08. The van der Waals surface area contributed by atoms with Crippen LogP contribution in [0, 0.1) is 0 Å². The van der Waals surface area contributed by atoms with Crippen LogP contribution in [-0.4, -0.2) is 26.6 Å². The monoisotopic (exact) mass is 376 g/mol. The van der Waals surface area contributed by atoms with Gasteiger partial charge in [0.25, 0.3) is 5.91 Å². The zero-order chi connectivity index (χ0) is 19.9. The van der Waals surface area contributed by atoms with Crippen molar-refractivity contribution in [2.75, 3.05) is 30.9 Å². The van der Waals surface area contributed by atoms with E-state index in [0.29, 0.717) is 23.6 Å². The first-order valence-corrected chi connectivity index (χ1v) is 9.14. The SMILES string of the molecule is CCOc1ccc(Oc2ccc(NC(=O)c3cccc(N(C)C)c3)cc2)cc1. The summed E-state index contributed by atoms with van der Waals surface area (Å²) in [6, 6.07) is 22.2. The van der Waals surface area contributed by atoms with E-state index in [1.54, 1.807) is 6.07 Å². The molecule has 3 aromatic carbocycles. The van der Waals surface area contributed by atoms with Crippen molar-refractivity contribution in [2.24, 2.45) is 0 Å². The highest BCUT2D eigenvalue weighted by Crippen LogP contribution is 2.25. The van der Waals surface area contributed by atoms with E-state index < -0.39 is 0 Å². The minimum Gasteiger partial charge on any atom is -0.494 e. The molecule has 0 fully saturated rings. The number of nitrogens with zero attached hydrogens (tertiary/aromatic N) is 1. The first kappa shape index (κ1) is 19.3. The predicted molar refractivity (Wildman–Crippen MR) is 113 cm³/mol. The Hall–Kier alpha value is -3.47. The number of rotatable bonds is 7. The minimum atomic E-state index is -0.149. The van der Waals surface area contributed by atoms with Crippen molar-refractivity contribution >= 4 is 17.3 Å². The number of amides is 1. The second-order valence-electron chi connectivity index (χ2n) is 6.43. The number of benzene rings is 3. The van der Waals surface area contributed by atoms with E-state index in [1.807, 2.05) is 92.6 Å². The summed E-state index contributed by atoms with van der Waals surface area (Å²) >= 11 is 0. The van der Waals surface area contributed by atoms with Gasteiger partial charge in [0.15, 0.2) is 0 Å². The second kappa shape index (κ2) is 8.95. The normalized spacial score (nSPS) is 10.2. The molecule has 0 spiro atoms. The van der Waals surface area contributed by atoms with E-state index in [2.05, 4.69) is 5.32 Å². The fourth-order valence-electron chi connectivity index (χ4n) is 2.64. The molecule has 0 radical (unpaired) electrons. The van der Waals surface area contributed by atoms with Gasteiger partial charge in [0.1, 0.15) is 17.2 Å². The van der Waals surface area contributed by atoms with Crippen LogP contribution in [0.5, 0.6) is 17.2 Å². The number of carbonyl (C=O) groups excluding carboxylic acids is 1. The van der Waals surface area contributed by atoms with Gasteiger partial charge in [-0.25, -0.2) is 0 Å². The van der Waals surface area contributed by atoms with Crippen LogP contribution < -0.4 is 19.7 Å². The summed E-state index contributed by atoms with van der Waals surface area (Å²) < 4.78 is 11.2. The van der Waals surface area contributed by atoms with Gasteiger partial charge in [-0.05, 0) is 73.7 Å². The smallest absolute Gasteiger partial charge is 0.255 e. The largest absolute Gasteiger partial charge is 0.494 e. The quantitative estimate of drug-likeness (QED) is 0.616. The molecule has 1 amide bonds. The maximum atomic E-state index is 12.5. The number of hydrogen-bond donors (Lipinski definition) is 1. The summed E-state index contributed by atoms with van der Waals surface area (Å²) in [6.07, 6.45) is 0. The molecule has 0 atom stereocenters. The molecule has 0 bridgehead atoms. The van der Waals surface area contributed by atoms with Crippen LogP contribution in [0.2, 0.25) is 0 Å². The maximum Gasteiger partial charge on any atom is 0.255 e. The van der Waals surface area contributed by atoms with Crippen molar-refractivity contribution in [1.82, 2.24) is 0 Å². The van der Waals surface area contributed by atoms with Crippen molar-refractivity contribution in [2.45, 2.75) is 6.92 Å². The van der Waals surface area contributed by atoms with E-state index in [-0.39, 0.29) is 5.91 Å². The highest BCUT2D eigenvalue weighted by molar-refractivity contribution is 6.04. The predicted octanol–water partition coefficient (Wildman–Crippen LogP) is 5.20. The molecule has 1 N–H and O–H groups in total. The average Bonchev–Trinajstić information content (AvgIpc) is 2.71. The Morgan fingerprint density at radius 3 is 2.11 bits per heavy atom. The molecule has 0 aliphatic rings. The van der Waals surface area contributed by atoms with Gasteiger partial charge in [0.2, 0.25) is 0 Å². The van der Waals surface area contributed by atoms with Crippen LogP contribution in [0.3, 0.4) is 0 Å². The standard InChI is InChI=1S/C23H24N2O3/c1-4-27-20-12-14-22(15-13-20)28-21-10-8-18(9-11-21)24-23(26)17-6-5-7-19(16-17)25(2)3/h5-16H,4H2,1-3H3,(H,24,26). The highest BCUT2D eigenvalue weighted by atomic mass is 16.5. The Balaban J connectivity index is 1.62. The fourth-order valence-corrected chi connectivity index (χ4v) is 2.64. The summed E-state index contributed by atoms with van der Waals surface area (Å²) in [5, 5.41) is 2.91. The van der Waals surface area contributed by atoms with Crippen molar-refractivity contribution in [3.8, 4) is 17.2 Å². The van der Waals surface area contributed by atoms with E-state index >= 15 is 0 Å². The molecule has 0 heterocycles. The molecule has 0 saturated heterocycles. The molecule has 28 heavy (non-hydrogen) atoms. The Morgan fingerprint density at radius 1 is 0.893 bits per heavy atom. The molecule has 3 aromatic rings. The van der Waals surface area contributed by atoms with Gasteiger partial charge in [-0.2, -0.15) is 0 Å². The van der Waals surface area contributed by atoms with E-state index in [4.69, 9.17) is 9.47 Å². The van der Waals surface area contributed by atoms with E-state index in [9.17, 15) is 4.79 Å². The molecule has 5 heteroatoms. The lowest BCUT2D eigenvalue weighted by atomic mass is 10.1. The molecule has 5 nitrogen and oxygen atoms in total. The zero-order valence-corrected chi connectivity index (χ0v) is 16.3. The van der Waals surface area contributed by atoms with Crippen LogP contribution in [0.4, 0.5) is 11.4 Å². The van der Waals surface area contributed by atoms with Crippen LogP contribution in [0.15, 0.2) is 72.8 Å². The van der Waals surface area contributed by atoms with E-state index in [1.165, 1.54) is 0 Å². The van der Waals surface area contributed by atoms with Crippen molar-refractivity contribution in [1.29, 1.82) is 0 Å². The molecule has 0 aromatic heterocycles. The van der Waals surface area contributed by atoms with Gasteiger partial charge in [-0.15, -0.1) is 0 Å². The number of nitrogens with one attached hydrogen (secondary N) is 1. The summed E-state index contributed by atoms with van der Waals surface area (Å²) in [7, 11) is 3.89. The Morgan fingerprint density at radius 2 is 1.50 bits per heavy atom. The third-order valence-electron chi connectivity index (χ3n) is 4.11. The van der Waals surface area contributed by atoms with Crippen LogP contribution in [0.25, 0.3) is 0 Å². The Labute approximate surface area is 165 Å². The van der Waals surface area contributed by atoms with Gasteiger partial charge in [0, 0.05) is 31.0 Å². The van der Waals surface area contributed by atoms with E-state index in [0.717, 1.165) is 17.2 Å². The molecule has 3 rings (SSSR count). The fraction of sp³-hybridized carbons (Fsp3) is 0.174. The number of ether oxygens (including phenoxy) is 2.